The van der Waals surface area contributed by atoms with Crippen LogP contribution in [0.4, 0.5) is 0 Å². The van der Waals surface area contributed by atoms with Gasteiger partial charge in [-0.3, -0.25) is 4.68 Å². The predicted octanol–water partition coefficient (Wildman–Crippen LogP) is 3.20. The minimum Gasteiger partial charge on any atom is -0.381 e. The Kier molecular flexibility index (Phi) is 3.78. The Morgan fingerprint density at radius 1 is 1.62 bits per heavy atom. The van der Waals surface area contributed by atoms with Crippen LogP contribution in [0.5, 0.6) is 0 Å². The van der Waals surface area contributed by atoms with Gasteiger partial charge in [-0.25, -0.2) is 0 Å². The molecule has 0 spiro atoms. The number of nitrogens with zero attached hydrogens (tertiary/aromatic N) is 2. The molecular weight excluding hydrogens is 288 g/mol. The Morgan fingerprint density at radius 2 is 2.44 bits per heavy atom. The summed E-state index contributed by atoms with van der Waals surface area (Å²) in [5.41, 5.74) is 0.837. The second-order valence-corrected chi connectivity index (χ2v) is 5.35. The molecule has 1 N–H and O–H groups in total. The Hall–Kier alpha value is -0.650. The van der Waals surface area contributed by atoms with Crippen LogP contribution >= 0.6 is 27.3 Å². The van der Waals surface area contributed by atoms with Crippen LogP contribution in [0.15, 0.2) is 28.2 Å². The monoisotopic (exact) mass is 300 g/mol. The van der Waals surface area contributed by atoms with Crippen LogP contribution in [0.2, 0.25) is 0 Å². The number of aromatic nitrogens is 2. The molecule has 0 aliphatic rings. The minimum atomic E-state index is -0.594. The maximum atomic E-state index is 10.3. The minimum absolute atomic E-state index is 0.594. The lowest BCUT2D eigenvalue weighted by atomic mass is 10.2. The van der Waals surface area contributed by atoms with Gasteiger partial charge in [-0.05, 0) is 33.8 Å². The van der Waals surface area contributed by atoms with Crippen molar-refractivity contribution in [3.63, 3.8) is 0 Å². The summed E-state index contributed by atoms with van der Waals surface area (Å²) in [5.74, 6) is 0. The summed E-state index contributed by atoms with van der Waals surface area (Å²) in [7, 11) is 0. The van der Waals surface area contributed by atoms with E-state index in [9.17, 15) is 5.11 Å². The van der Waals surface area contributed by atoms with Crippen LogP contribution in [-0.2, 0) is 6.54 Å². The standard InChI is InChI=1S/C11H13BrN2OS/c1-2-5-14-10(8(12)7-13-14)11(15)9-4-3-6-16-9/h3-4,6-7,11,15H,2,5H2,1H3. The molecule has 0 saturated carbocycles. The van der Waals surface area contributed by atoms with Gasteiger partial charge >= 0.3 is 0 Å². The molecule has 0 aliphatic heterocycles. The lowest BCUT2D eigenvalue weighted by Crippen LogP contribution is -2.09. The lowest BCUT2D eigenvalue weighted by Gasteiger charge is -2.12. The Balaban J connectivity index is 2.35. The van der Waals surface area contributed by atoms with Gasteiger partial charge in [0.05, 0.1) is 16.4 Å². The van der Waals surface area contributed by atoms with Gasteiger partial charge in [-0.15, -0.1) is 11.3 Å². The Labute approximate surface area is 107 Å². The highest BCUT2D eigenvalue weighted by atomic mass is 79.9. The van der Waals surface area contributed by atoms with Gasteiger partial charge < -0.3 is 5.11 Å². The number of aryl methyl sites for hydroxylation is 1. The van der Waals surface area contributed by atoms with Crippen molar-refractivity contribution in [2.75, 3.05) is 0 Å². The van der Waals surface area contributed by atoms with Crippen LogP contribution in [-0.4, -0.2) is 14.9 Å². The zero-order valence-electron chi connectivity index (χ0n) is 8.93. The highest BCUT2D eigenvalue weighted by Crippen LogP contribution is 2.30. The quantitative estimate of drug-likeness (QED) is 0.941. The molecule has 0 fully saturated rings. The third-order valence-electron chi connectivity index (χ3n) is 2.34. The molecule has 2 aromatic heterocycles. The molecular formula is C11H13BrN2OS. The fourth-order valence-corrected chi connectivity index (χ4v) is 2.84. The summed E-state index contributed by atoms with van der Waals surface area (Å²) in [4.78, 5) is 0.943. The third-order valence-corrected chi connectivity index (χ3v) is 3.88. The van der Waals surface area contributed by atoms with Crippen molar-refractivity contribution in [2.45, 2.75) is 26.0 Å². The molecule has 86 valence electrons. The summed E-state index contributed by atoms with van der Waals surface area (Å²) >= 11 is 4.99. The number of hydrogen-bond acceptors (Lipinski definition) is 3. The van der Waals surface area contributed by atoms with Gasteiger partial charge in [0, 0.05) is 11.4 Å². The van der Waals surface area contributed by atoms with Gasteiger partial charge in [0.1, 0.15) is 6.10 Å². The fraction of sp³-hybridized carbons (Fsp3) is 0.364. The zero-order chi connectivity index (χ0) is 11.5. The highest BCUT2D eigenvalue weighted by molar-refractivity contribution is 9.10. The lowest BCUT2D eigenvalue weighted by molar-refractivity contribution is 0.210. The Morgan fingerprint density at radius 3 is 3.06 bits per heavy atom. The number of thiophene rings is 1. The van der Waals surface area contributed by atoms with Gasteiger partial charge in [0.2, 0.25) is 0 Å². The molecule has 0 amide bonds. The maximum Gasteiger partial charge on any atom is 0.131 e. The van der Waals surface area contributed by atoms with E-state index in [0.29, 0.717) is 0 Å². The second kappa shape index (κ2) is 5.12. The summed E-state index contributed by atoms with van der Waals surface area (Å²) in [6.07, 6.45) is 2.14. The summed E-state index contributed by atoms with van der Waals surface area (Å²) in [6.45, 7) is 2.92. The van der Waals surface area contributed by atoms with E-state index in [2.05, 4.69) is 28.0 Å². The molecule has 2 aromatic rings. The average Bonchev–Trinajstić information content (AvgIpc) is 2.88. The number of rotatable bonds is 4. The molecule has 5 heteroatoms. The smallest absolute Gasteiger partial charge is 0.131 e. The van der Waals surface area contributed by atoms with Crippen molar-refractivity contribution in [1.29, 1.82) is 0 Å². The van der Waals surface area contributed by atoms with E-state index in [1.54, 1.807) is 17.5 Å². The van der Waals surface area contributed by atoms with Crippen LogP contribution < -0.4 is 0 Å². The normalized spacial score (nSPS) is 12.9. The first-order valence-electron chi connectivity index (χ1n) is 5.16. The first kappa shape index (κ1) is 11.8. The van der Waals surface area contributed by atoms with Crippen molar-refractivity contribution >= 4 is 27.3 Å². The van der Waals surface area contributed by atoms with Crippen molar-refractivity contribution in [3.05, 3.63) is 38.8 Å². The molecule has 0 bridgehead atoms. The number of aliphatic hydroxyl groups is 1. The van der Waals surface area contributed by atoms with Crippen molar-refractivity contribution in [3.8, 4) is 0 Å². The van der Waals surface area contributed by atoms with Gasteiger partial charge in [-0.2, -0.15) is 5.10 Å². The second-order valence-electron chi connectivity index (χ2n) is 3.52. The first-order valence-corrected chi connectivity index (χ1v) is 6.84. The van der Waals surface area contributed by atoms with Crippen LogP contribution in [0.3, 0.4) is 0 Å². The van der Waals surface area contributed by atoms with E-state index >= 15 is 0 Å². The van der Waals surface area contributed by atoms with E-state index in [4.69, 9.17) is 0 Å². The van der Waals surface area contributed by atoms with Crippen molar-refractivity contribution in [2.24, 2.45) is 0 Å². The highest BCUT2D eigenvalue weighted by Gasteiger charge is 2.19. The summed E-state index contributed by atoms with van der Waals surface area (Å²) in [6, 6.07) is 3.88. The van der Waals surface area contributed by atoms with Gasteiger partial charge in [0.15, 0.2) is 0 Å². The topological polar surface area (TPSA) is 38.0 Å². The van der Waals surface area contributed by atoms with Crippen LogP contribution in [0.25, 0.3) is 0 Å². The van der Waals surface area contributed by atoms with Crippen molar-refractivity contribution < 1.29 is 5.11 Å². The van der Waals surface area contributed by atoms with E-state index in [1.807, 2.05) is 22.2 Å². The fourth-order valence-electron chi connectivity index (χ4n) is 1.62. The molecule has 1 unspecified atom stereocenters. The molecule has 2 heterocycles. The van der Waals surface area contributed by atoms with E-state index < -0.39 is 6.10 Å². The predicted molar refractivity (Wildman–Crippen MR) is 68.6 cm³/mol. The molecule has 16 heavy (non-hydrogen) atoms. The van der Waals surface area contributed by atoms with Crippen LogP contribution in [0, 0.1) is 0 Å². The molecule has 3 nitrogen and oxygen atoms in total. The maximum absolute atomic E-state index is 10.3. The average molecular weight is 301 g/mol. The zero-order valence-corrected chi connectivity index (χ0v) is 11.3. The van der Waals surface area contributed by atoms with E-state index in [-0.39, 0.29) is 0 Å². The van der Waals surface area contributed by atoms with Crippen molar-refractivity contribution in [1.82, 2.24) is 9.78 Å². The van der Waals surface area contributed by atoms with Gasteiger partial charge in [0.25, 0.3) is 0 Å². The van der Waals surface area contributed by atoms with E-state index in [1.165, 1.54) is 0 Å². The number of hydrogen-bond donors (Lipinski definition) is 1. The molecule has 0 aromatic carbocycles. The molecule has 0 saturated heterocycles. The largest absolute Gasteiger partial charge is 0.381 e. The molecule has 0 radical (unpaired) electrons. The summed E-state index contributed by atoms with van der Waals surface area (Å²) in [5, 5.41) is 16.5. The third kappa shape index (κ3) is 2.21. The number of halogens is 1. The SMILES string of the molecule is CCCn1ncc(Br)c1C(O)c1cccs1. The van der Waals surface area contributed by atoms with Crippen LogP contribution in [0.1, 0.15) is 30.0 Å². The number of aliphatic hydroxyl groups excluding tert-OH is 1. The van der Waals surface area contributed by atoms with E-state index in [0.717, 1.165) is 28.0 Å². The molecule has 2 rings (SSSR count). The molecule has 1 atom stereocenters. The summed E-state index contributed by atoms with van der Waals surface area (Å²) < 4.78 is 2.72. The first-order chi connectivity index (χ1) is 7.74. The molecule has 0 aliphatic carbocycles. The Bertz CT molecular complexity index is 453. The van der Waals surface area contributed by atoms with Gasteiger partial charge in [-0.1, -0.05) is 13.0 Å².